The molecule has 0 rings (SSSR count). The maximum atomic E-state index is 12.1. The van der Waals surface area contributed by atoms with Crippen LogP contribution in [0.3, 0.4) is 0 Å². The fourth-order valence-electron chi connectivity index (χ4n) is 3.56. The van der Waals surface area contributed by atoms with Gasteiger partial charge >= 0.3 is 11.9 Å². The maximum absolute atomic E-state index is 12.1. The molecule has 0 saturated carbocycles. The molecule has 7 nitrogen and oxygen atoms in total. The van der Waals surface area contributed by atoms with E-state index in [1.165, 1.54) is 36.7 Å². The first kappa shape index (κ1) is 29.9. The molecule has 1 unspecified atom stereocenters. The Bertz CT molecular complexity index is 579. The number of rotatable bonds is 20. The van der Waals surface area contributed by atoms with Crippen molar-refractivity contribution in [3.63, 3.8) is 0 Å². The van der Waals surface area contributed by atoms with E-state index in [2.05, 4.69) is 6.92 Å². The molecule has 8 heteroatoms. The van der Waals surface area contributed by atoms with Crippen LogP contribution in [0, 0.1) is 0 Å². The highest BCUT2D eigenvalue weighted by atomic mass is 32.2. The van der Waals surface area contributed by atoms with E-state index in [1.54, 1.807) is 6.92 Å². The first-order chi connectivity index (χ1) is 14.7. The first-order valence-corrected chi connectivity index (χ1v) is 13.8. The van der Waals surface area contributed by atoms with Crippen molar-refractivity contribution in [3.8, 4) is 0 Å². The smallest absolute Gasteiger partial charge is 0.305 e. The van der Waals surface area contributed by atoms with E-state index in [0.29, 0.717) is 39.0 Å². The van der Waals surface area contributed by atoms with Gasteiger partial charge in [-0.3, -0.25) is 9.59 Å². The third-order valence-electron chi connectivity index (χ3n) is 5.21. The second-order valence-electron chi connectivity index (χ2n) is 8.21. The fourth-order valence-corrected chi connectivity index (χ4v) is 4.48. The third kappa shape index (κ3) is 18.2. The number of nitrogens with zero attached hydrogens (tertiary/aromatic N) is 1. The highest BCUT2D eigenvalue weighted by molar-refractivity contribution is 7.88. The van der Waals surface area contributed by atoms with Crippen molar-refractivity contribution in [1.29, 1.82) is 0 Å². The van der Waals surface area contributed by atoms with Gasteiger partial charge in [0.15, 0.2) is 0 Å². The Kier molecular flexibility index (Phi) is 17.7. The molecule has 0 radical (unpaired) electrons. The van der Waals surface area contributed by atoms with Crippen LogP contribution in [0.5, 0.6) is 0 Å². The van der Waals surface area contributed by atoms with Crippen LogP contribution in [0.1, 0.15) is 104 Å². The number of carbonyl (C=O) groups is 2. The van der Waals surface area contributed by atoms with Gasteiger partial charge in [-0.1, -0.05) is 45.4 Å². The molecule has 1 atom stereocenters. The molecule has 184 valence electrons. The Balaban J connectivity index is 4.28. The van der Waals surface area contributed by atoms with E-state index < -0.39 is 10.0 Å². The lowest BCUT2D eigenvalue weighted by atomic mass is 10.0. The number of sulfonamides is 1. The summed E-state index contributed by atoms with van der Waals surface area (Å²) in [6, 6.07) is 0. The highest BCUT2D eigenvalue weighted by Gasteiger charge is 2.18. The Morgan fingerprint density at radius 1 is 0.839 bits per heavy atom. The lowest BCUT2D eigenvalue weighted by Gasteiger charge is -2.22. The van der Waals surface area contributed by atoms with Gasteiger partial charge in [-0.15, -0.1) is 0 Å². The molecule has 0 N–H and O–H groups in total. The van der Waals surface area contributed by atoms with Crippen LogP contribution in [0.2, 0.25) is 0 Å². The number of hydrogen-bond acceptors (Lipinski definition) is 6. The van der Waals surface area contributed by atoms with Gasteiger partial charge in [-0.2, -0.15) is 0 Å². The predicted molar refractivity (Wildman–Crippen MR) is 124 cm³/mol. The molecule has 0 saturated heterocycles. The van der Waals surface area contributed by atoms with Crippen molar-refractivity contribution in [2.75, 3.05) is 26.0 Å². The molecule has 31 heavy (non-hydrogen) atoms. The molecule has 0 aromatic carbocycles. The van der Waals surface area contributed by atoms with E-state index in [9.17, 15) is 18.0 Å². The van der Waals surface area contributed by atoms with Gasteiger partial charge in [-0.25, -0.2) is 12.7 Å². The topological polar surface area (TPSA) is 90.0 Å². The minimum Gasteiger partial charge on any atom is -0.466 e. The second-order valence-corrected chi connectivity index (χ2v) is 10.2. The summed E-state index contributed by atoms with van der Waals surface area (Å²) >= 11 is 0. The third-order valence-corrected chi connectivity index (χ3v) is 6.51. The van der Waals surface area contributed by atoms with E-state index in [0.717, 1.165) is 44.9 Å². The summed E-state index contributed by atoms with van der Waals surface area (Å²) in [4.78, 5) is 22.7. The lowest BCUT2D eigenvalue weighted by Crippen LogP contribution is -2.32. The summed E-state index contributed by atoms with van der Waals surface area (Å²) in [5.74, 6) is -0.450. The molecular formula is C23H45NO6S. The van der Waals surface area contributed by atoms with Crippen molar-refractivity contribution in [2.45, 2.75) is 110 Å². The van der Waals surface area contributed by atoms with Crippen LogP contribution in [0.4, 0.5) is 0 Å². The number of hydrogen-bond donors (Lipinski definition) is 0. The summed E-state index contributed by atoms with van der Waals surface area (Å²) in [5, 5.41) is 0. The van der Waals surface area contributed by atoms with Crippen molar-refractivity contribution < 1.29 is 27.5 Å². The second kappa shape index (κ2) is 18.4. The zero-order chi connectivity index (χ0) is 23.5. The summed E-state index contributed by atoms with van der Waals surface area (Å²) in [7, 11) is -3.28. The summed E-state index contributed by atoms with van der Waals surface area (Å²) < 4.78 is 36.1. The van der Waals surface area contributed by atoms with Gasteiger partial charge in [0, 0.05) is 26.4 Å². The molecule has 0 aliphatic carbocycles. The Labute approximate surface area is 190 Å². The van der Waals surface area contributed by atoms with Crippen LogP contribution >= 0.6 is 0 Å². The minimum atomic E-state index is -3.28. The van der Waals surface area contributed by atoms with Gasteiger partial charge in [0.05, 0.1) is 12.9 Å². The van der Waals surface area contributed by atoms with Crippen LogP contribution in [-0.2, 0) is 29.1 Å². The molecule has 0 spiro atoms. The van der Waals surface area contributed by atoms with Crippen LogP contribution in [0.15, 0.2) is 0 Å². The Hall–Kier alpha value is -1.15. The van der Waals surface area contributed by atoms with Crippen molar-refractivity contribution >= 4 is 22.0 Å². The summed E-state index contributed by atoms with van der Waals surface area (Å²) in [6.45, 7) is 6.72. The van der Waals surface area contributed by atoms with E-state index in [4.69, 9.17) is 9.47 Å². The van der Waals surface area contributed by atoms with Gasteiger partial charge in [-0.05, 0) is 45.4 Å². The number of unbranched alkanes of at least 4 members (excludes halogenated alkanes) is 7. The van der Waals surface area contributed by atoms with Crippen LogP contribution in [-0.4, -0.2) is 56.7 Å². The van der Waals surface area contributed by atoms with Gasteiger partial charge in [0.25, 0.3) is 0 Å². The van der Waals surface area contributed by atoms with E-state index in [1.807, 2.05) is 0 Å². The molecule has 0 bridgehead atoms. The Morgan fingerprint density at radius 2 is 1.42 bits per heavy atom. The quantitative estimate of drug-likeness (QED) is 0.190. The van der Waals surface area contributed by atoms with E-state index >= 15 is 0 Å². The Morgan fingerprint density at radius 3 is 2.03 bits per heavy atom. The summed E-state index contributed by atoms with van der Waals surface area (Å²) in [5.41, 5.74) is 0. The summed E-state index contributed by atoms with van der Waals surface area (Å²) in [6.07, 6.45) is 12.8. The fraction of sp³-hybridized carbons (Fsp3) is 0.913. The monoisotopic (exact) mass is 463 g/mol. The lowest BCUT2D eigenvalue weighted by molar-refractivity contribution is -0.147. The van der Waals surface area contributed by atoms with Crippen molar-refractivity contribution in [1.82, 2.24) is 4.31 Å². The molecule has 0 aliphatic rings. The SMILES string of the molecule is CCCCCCCC(CCCN(CCCCCCC(=O)OCC)S(C)(=O)=O)OC(C)=O. The van der Waals surface area contributed by atoms with Crippen molar-refractivity contribution in [3.05, 3.63) is 0 Å². The first-order valence-electron chi connectivity index (χ1n) is 12.0. The maximum Gasteiger partial charge on any atom is 0.305 e. The zero-order valence-electron chi connectivity index (χ0n) is 20.2. The molecule has 0 amide bonds. The molecule has 0 fully saturated rings. The van der Waals surface area contributed by atoms with Gasteiger partial charge < -0.3 is 9.47 Å². The van der Waals surface area contributed by atoms with Crippen molar-refractivity contribution in [2.24, 2.45) is 0 Å². The number of ether oxygens (including phenoxy) is 2. The molecular weight excluding hydrogens is 418 g/mol. The zero-order valence-corrected chi connectivity index (χ0v) is 21.0. The predicted octanol–water partition coefficient (Wildman–Crippen LogP) is 4.83. The minimum absolute atomic E-state index is 0.136. The normalized spacial score (nSPS) is 12.7. The van der Waals surface area contributed by atoms with Crippen LogP contribution in [0.25, 0.3) is 0 Å². The largest absolute Gasteiger partial charge is 0.466 e. The van der Waals surface area contributed by atoms with Gasteiger partial charge in [0.1, 0.15) is 6.10 Å². The highest BCUT2D eigenvalue weighted by Crippen LogP contribution is 2.15. The average molecular weight is 464 g/mol. The molecule has 0 aromatic rings. The number of esters is 2. The molecule has 0 heterocycles. The van der Waals surface area contributed by atoms with E-state index in [-0.39, 0.29) is 18.0 Å². The van der Waals surface area contributed by atoms with Crippen LogP contribution < -0.4 is 0 Å². The molecule has 0 aromatic heterocycles. The average Bonchev–Trinajstić information content (AvgIpc) is 2.67. The van der Waals surface area contributed by atoms with Gasteiger partial charge in [0.2, 0.25) is 10.0 Å². The molecule has 0 aliphatic heterocycles. The standard InChI is InChI=1S/C23H45NO6S/c1-5-7-8-9-12-16-22(30-21(3)25)17-15-20-24(31(4,27)28)19-14-11-10-13-18-23(26)29-6-2/h22H,5-20H2,1-4H3. The number of carbonyl (C=O) groups excluding carboxylic acids is 2.